The zero-order chi connectivity index (χ0) is 15.8. The summed E-state index contributed by atoms with van der Waals surface area (Å²) in [5.41, 5.74) is 1.67. The van der Waals surface area contributed by atoms with Gasteiger partial charge in [-0.3, -0.25) is 0 Å². The fourth-order valence-electron chi connectivity index (χ4n) is 2.05. The third-order valence-corrected chi connectivity index (χ3v) is 4.24. The van der Waals surface area contributed by atoms with Gasteiger partial charge in [0.25, 0.3) is 5.78 Å². The van der Waals surface area contributed by atoms with Gasteiger partial charge in [-0.15, -0.1) is 5.10 Å². The van der Waals surface area contributed by atoms with Gasteiger partial charge in [-0.25, -0.2) is 4.98 Å². The Morgan fingerprint density at radius 3 is 2.83 bits per heavy atom. The summed E-state index contributed by atoms with van der Waals surface area (Å²) in [6.07, 6.45) is 1.47. The predicted molar refractivity (Wildman–Crippen MR) is 83.8 cm³/mol. The van der Waals surface area contributed by atoms with Crippen molar-refractivity contribution in [3.8, 4) is 5.69 Å². The summed E-state index contributed by atoms with van der Waals surface area (Å²) >= 11 is 7.30. The molecule has 3 heterocycles. The summed E-state index contributed by atoms with van der Waals surface area (Å²) < 4.78 is 3.29. The molecule has 0 saturated carbocycles. The van der Waals surface area contributed by atoms with Crippen LogP contribution in [0.1, 0.15) is 5.69 Å². The van der Waals surface area contributed by atoms with Crippen LogP contribution in [0, 0.1) is 6.92 Å². The molecule has 0 bridgehead atoms. The fraction of sp³-hybridized carbons (Fsp3) is 0.0769. The molecular weight excluding hydrogens is 336 g/mol. The van der Waals surface area contributed by atoms with Gasteiger partial charge in [-0.2, -0.15) is 19.3 Å². The molecule has 0 unspecified atom stereocenters. The van der Waals surface area contributed by atoms with E-state index in [0.29, 0.717) is 16.0 Å². The number of benzene rings is 1. The number of hydrogen-bond donors (Lipinski definition) is 0. The van der Waals surface area contributed by atoms with Crippen molar-refractivity contribution in [3.05, 3.63) is 47.4 Å². The second kappa shape index (κ2) is 5.60. The summed E-state index contributed by atoms with van der Waals surface area (Å²) in [5, 5.41) is 18.1. The van der Waals surface area contributed by atoms with Crippen molar-refractivity contribution in [2.24, 2.45) is 0 Å². The van der Waals surface area contributed by atoms with E-state index >= 15 is 0 Å². The third kappa shape index (κ3) is 2.64. The quantitative estimate of drug-likeness (QED) is 0.526. The normalized spacial score (nSPS) is 11.2. The number of aromatic nitrogens is 8. The molecule has 0 aliphatic carbocycles. The SMILES string of the molecule is Cc1cc(Sc2nnnn2-c2ccc(Cl)cc2)n2ncnc2n1. The Kier molecular flexibility index (Phi) is 3.43. The number of fused-ring (bicyclic) bond motifs is 1. The van der Waals surface area contributed by atoms with Crippen molar-refractivity contribution in [3.63, 3.8) is 0 Å². The number of halogens is 1. The lowest BCUT2D eigenvalue weighted by Crippen LogP contribution is -2.01. The van der Waals surface area contributed by atoms with Gasteiger partial charge in [0.1, 0.15) is 11.4 Å². The van der Waals surface area contributed by atoms with Crippen LogP contribution in [-0.2, 0) is 0 Å². The Labute approximate surface area is 139 Å². The lowest BCUT2D eigenvalue weighted by atomic mass is 10.3. The van der Waals surface area contributed by atoms with Gasteiger partial charge in [0.05, 0.1) is 5.69 Å². The average Bonchev–Trinajstić information content (AvgIpc) is 3.17. The molecule has 0 aliphatic rings. The molecule has 0 fully saturated rings. The first-order valence-electron chi connectivity index (χ1n) is 6.60. The Hall–Kier alpha value is -2.52. The predicted octanol–water partition coefficient (Wildman–Crippen LogP) is 2.21. The van der Waals surface area contributed by atoms with Crippen LogP contribution in [0.25, 0.3) is 11.5 Å². The molecule has 23 heavy (non-hydrogen) atoms. The smallest absolute Gasteiger partial charge is 0.216 e. The molecule has 8 nitrogen and oxygen atoms in total. The lowest BCUT2D eigenvalue weighted by Gasteiger charge is -2.06. The zero-order valence-electron chi connectivity index (χ0n) is 11.8. The minimum atomic E-state index is 0.540. The summed E-state index contributed by atoms with van der Waals surface area (Å²) in [6.45, 7) is 1.90. The van der Waals surface area contributed by atoms with Crippen molar-refractivity contribution in [2.45, 2.75) is 17.1 Å². The highest BCUT2D eigenvalue weighted by atomic mass is 35.5. The van der Waals surface area contributed by atoms with E-state index in [-0.39, 0.29) is 0 Å². The molecule has 0 atom stereocenters. The maximum Gasteiger partial charge on any atom is 0.253 e. The van der Waals surface area contributed by atoms with E-state index in [1.165, 1.54) is 18.1 Å². The highest BCUT2D eigenvalue weighted by molar-refractivity contribution is 7.99. The summed E-state index contributed by atoms with van der Waals surface area (Å²) in [4.78, 5) is 8.43. The molecule has 4 rings (SSSR count). The van der Waals surface area contributed by atoms with Crippen LogP contribution in [0.2, 0.25) is 5.02 Å². The van der Waals surface area contributed by atoms with E-state index < -0.39 is 0 Å². The van der Waals surface area contributed by atoms with Crippen LogP contribution in [0.5, 0.6) is 0 Å². The summed E-state index contributed by atoms with van der Waals surface area (Å²) in [5.74, 6) is 0.540. The molecule has 10 heteroatoms. The van der Waals surface area contributed by atoms with Gasteiger partial charge in [0, 0.05) is 10.7 Å². The number of aryl methyl sites for hydroxylation is 1. The number of tetrazole rings is 1. The molecule has 4 aromatic rings. The largest absolute Gasteiger partial charge is 0.253 e. The van der Waals surface area contributed by atoms with Crippen molar-refractivity contribution >= 4 is 29.1 Å². The average molecular weight is 345 g/mol. The second-order valence-corrected chi connectivity index (χ2v) is 6.08. The number of nitrogens with zero attached hydrogens (tertiary/aromatic N) is 8. The molecule has 3 aromatic heterocycles. The van der Waals surface area contributed by atoms with Crippen molar-refractivity contribution in [2.75, 3.05) is 0 Å². The van der Waals surface area contributed by atoms with Crippen LogP contribution in [0.4, 0.5) is 0 Å². The molecule has 0 saturated heterocycles. The maximum absolute atomic E-state index is 5.92. The maximum atomic E-state index is 5.92. The zero-order valence-corrected chi connectivity index (χ0v) is 13.4. The van der Waals surface area contributed by atoms with E-state index in [0.717, 1.165) is 16.4 Å². The molecule has 0 N–H and O–H groups in total. The van der Waals surface area contributed by atoms with Crippen LogP contribution >= 0.6 is 23.4 Å². The monoisotopic (exact) mass is 344 g/mol. The Morgan fingerprint density at radius 2 is 2.00 bits per heavy atom. The van der Waals surface area contributed by atoms with Crippen LogP contribution in [0.3, 0.4) is 0 Å². The van der Waals surface area contributed by atoms with Gasteiger partial charge in [-0.05, 0) is 59.4 Å². The molecule has 114 valence electrons. The number of rotatable bonds is 3. The van der Waals surface area contributed by atoms with Crippen LogP contribution in [0.15, 0.2) is 46.8 Å². The molecular formula is C13H9ClN8S. The molecule has 0 radical (unpaired) electrons. The lowest BCUT2D eigenvalue weighted by molar-refractivity contribution is 0.753. The van der Waals surface area contributed by atoms with Gasteiger partial charge in [0.2, 0.25) is 5.16 Å². The topological polar surface area (TPSA) is 86.7 Å². The second-order valence-electron chi connectivity index (χ2n) is 4.66. The van der Waals surface area contributed by atoms with Crippen molar-refractivity contribution in [1.29, 1.82) is 0 Å². The van der Waals surface area contributed by atoms with Gasteiger partial charge >= 0.3 is 0 Å². The standard InChI is InChI=1S/C13H9ClN8S/c1-8-6-11(22-12(17-8)15-7-16-22)23-13-18-19-20-21(13)10-4-2-9(14)3-5-10/h2-7H,1H3. The Bertz CT molecular complexity index is 977. The van der Waals surface area contributed by atoms with Gasteiger partial charge < -0.3 is 0 Å². The van der Waals surface area contributed by atoms with Crippen LogP contribution in [-0.4, -0.2) is 39.8 Å². The van der Waals surface area contributed by atoms with E-state index in [1.807, 2.05) is 25.1 Å². The first kappa shape index (κ1) is 14.1. The van der Waals surface area contributed by atoms with Crippen LogP contribution < -0.4 is 0 Å². The van der Waals surface area contributed by atoms with Gasteiger partial charge in [-0.1, -0.05) is 11.6 Å². The minimum Gasteiger partial charge on any atom is -0.216 e. The summed E-state index contributed by atoms with van der Waals surface area (Å²) in [7, 11) is 0. The first-order valence-corrected chi connectivity index (χ1v) is 7.80. The van der Waals surface area contributed by atoms with E-state index in [1.54, 1.807) is 21.3 Å². The van der Waals surface area contributed by atoms with Crippen molar-refractivity contribution in [1.82, 2.24) is 39.8 Å². The molecule has 0 amide bonds. The van der Waals surface area contributed by atoms with E-state index in [9.17, 15) is 0 Å². The summed E-state index contributed by atoms with van der Waals surface area (Å²) in [6, 6.07) is 9.20. The highest BCUT2D eigenvalue weighted by Crippen LogP contribution is 2.27. The van der Waals surface area contributed by atoms with Gasteiger partial charge in [0.15, 0.2) is 0 Å². The fourth-order valence-corrected chi connectivity index (χ4v) is 3.11. The Balaban J connectivity index is 1.76. The van der Waals surface area contributed by atoms with Crippen molar-refractivity contribution < 1.29 is 0 Å². The minimum absolute atomic E-state index is 0.540. The van der Waals surface area contributed by atoms with E-state index in [2.05, 4.69) is 30.6 Å². The Morgan fingerprint density at radius 1 is 1.17 bits per heavy atom. The first-order chi connectivity index (χ1) is 11.2. The molecule has 1 aromatic carbocycles. The highest BCUT2D eigenvalue weighted by Gasteiger charge is 2.14. The number of hydrogen-bond acceptors (Lipinski definition) is 7. The van der Waals surface area contributed by atoms with E-state index in [4.69, 9.17) is 11.6 Å². The third-order valence-electron chi connectivity index (χ3n) is 3.06. The molecule has 0 aliphatic heterocycles. The molecule has 0 spiro atoms.